The number of alkyl halides is 1. The first-order valence-electron chi connectivity index (χ1n) is 4.20. The summed E-state index contributed by atoms with van der Waals surface area (Å²) >= 11 is 5.47. The number of nitrogens with zero attached hydrogens (tertiary/aromatic N) is 1. The maximum atomic E-state index is 11.4. The molecular weight excluding hydrogens is 198 g/mol. The summed E-state index contributed by atoms with van der Waals surface area (Å²) in [5.74, 6) is -0.181. The molecule has 0 atom stereocenters. The van der Waals surface area contributed by atoms with Crippen LogP contribution in [0.15, 0.2) is 12.1 Å². The van der Waals surface area contributed by atoms with Crippen molar-refractivity contribution in [1.82, 2.24) is 0 Å². The molecule has 14 heavy (non-hydrogen) atoms. The fourth-order valence-electron chi connectivity index (χ4n) is 1.34. The molecule has 0 heterocycles. The van der Waals surface area contributed by atoms with Crippen LogP contribution in [0.2, 0.25) is 0 Å². The lowest BCUT2D eigenvalue weighted by Crippen LogP contribution is -2.05. The average molecular weight is 208 g/mol. The van der Waals surface area contributed by atoms with Crippen LogP contribution in [0.5, 0.6) is 0 Å². The quantitative estimate of drug-likeness (QED) is 0.553. The highest BCUT2D eigenvalue weighted by molar-refractivity contribution is 6.30. The van der Waals surface area contributed by atoms with Crippen LogP contribution in [0.3, 0.4) is 0 Å². The normalized spacial score (nSPS) is 9.57. The molecule has 1 rings (SSSR count). The van der Waals surface area contributed by atoms with Crippen molar-refractivity contribution in [2.24, 2.45) is 0 Å². The topological polar surface area (TPSA) is 40.9 Å². The number of hydrogen-bond acceptors (Lipinski definition) is 2. The lowest BCUT2D eigenvalue weighted by Gasteiger charge is -2.06. The van der Waals surface area contributed by atoms with Gasteiger partial charge in [-0.15, -0.1) is 11.6 Å². The van der Waals surface area contributed by atoms with Gasteiger partial charge < -0.3 is 0 Å². The molecule has 0 aliphatic carbocycles. The van der Waals surface area contributed by atoms with E-state index in [0.717, 1.165) is 5.56 Å². The molecule has 1 aromatic rings. The zero-order valence-electron chi connectivity index (χ0n) is 8.10. The fraction of sp³-hybridized carbons (Fsp3) is 0.273. The van der Waals surface area contributed by atoms with Crippen LogP contribution in [0.25, 0.3) is 0 Å². The molecule has 0 radical (unpaired) electrons. The molecule has 2 nitrogen and oxygen atoms in total. The summed E-state index contributed by atoms with van der Waals surface area (Å²) in [5.41, 5.74) is 2.71. The van der Waals surface area contributed by atoms with Gasteiger partial charge in [0.15, 0.2) is 5.78 Å². The zero-order chi connectivity index (χ0) is 10.7. The molecule has 0 saturated carbocycles. The summed E-state index contributed by atoms with van der Waals surface area (Å²) in [7, 11) is 0. The van der Waals surface area contributed by atoms with Crippen LogP contribution in [0.1, 0.15) is 27.0 Å². The van der Waals surface area contributed by atoms with E-state index in [-0.39, 0.29) is 11.7 Å². The van der Waals surface area contributed by atoms with E-state index in [1.54, 1.807) is 19.1 Å². The lowest BCUT2D eigenvalue weighted by molar-refractivity contribution is 0.102. The van der Waals surface area contributed by atoms with Crippen molar-refractivity contribution in [3.63, 3.8) is 0 Å². The van der Waals surface area contributed by atoms with E-state index < -0.39 is 0 Å². The second-order valence-electron chi connectivity index (χ2n) is 3.15. The van der Waals surface area contributed by atoms with E-state index in [0.29, 0.717) is 16.7 Å². The van der Waals surface area contributed by atoms with Gasteiger partial charge in [-0.25, -0.2) is 0 Å². The first kappa shape index (κ1) is 10.7. The van der Waals surface area contributed by atoms with Gasteiger partial charge in [-0.2, -0.15) is 5.26 Å². The van der Waals surface area contributed by atoms with E-state index in [1.165, 1.54) is 0 Å². The molecule has 0 amide bonds. The molecule has 1 aromatic carbocycles. The monoisotopic (exact) mass is 207 g/mol. The Bertz CT molecular complexity index is 418. The van der Waals surface area contributed by atoms with E-state index in [4.69, 9.17) is 16.9 Å². The third-order valence-corrected chi connectivity index (χ3v) is 2.34. The molecule has 0 unspecified atom stereocenters. The Morgan fingerprint density at radius 2 is 2.14 bits per heavy atom. The molecule has 0 spiro atoms. The maximum Gasteiger partial charge on any atom is 0.177 e. The number of rotatable bonds is 2. The van der Waals surface area contributed by atoms with E-state index in [9.17, 15) is 4.79 Å². The number of aryl methyl sites for hydroxylation is 1. The molecule has 3 heteroatoms. The highest BCUT2D eigenvalue weighted by atomic mass is 35.5. The molecule has 72 valence electrons. The van der Waals surface area contributed by atoms with Gasteiger partial charge in [-0.1, -0.05) is 0 Å². The number of ketones is 1. The molecule has 0 aromatic heterocycles. The van der Waals surface area contributed by atoms with Gasteiger partial charge in [0.1, 0.15) is 0 Å². The summed E-state index contributed by atoms with van der Waals surface area (Å²) in [6.07, 6.45) is 0. The van der Waals surface area contributed by atoms with Crippen molar-refractivity contribution < 1.29 is 4.79 Å². The van der Waals surface area contributed by atoms with E-state index in [2.05, 4.69) is 6.07 Å². The predicted molar refractivity (Wildman–Crippen MR) is 55.7 cm³/mol. The van der Waals surface area contributed by atoms with Crippen LogP contribution in [-0.4, -0.2) is 11.7 Å². The smallest absolute Gasteiger partial charge is 0.177 e. The second-order valence-corrected chi connectivity index (χ2v) is 3.42. The minimum atomic E-state index is -0.135. The molecular formula is C11H10ClNO. The van der Waals surface area contributed by atoms with E-state index in [1.807, 2.05) is 6.92 Å². The van der Waals surface area contributed by atoms with Crippen LogP contribution < -0.4 is 0 Å². The first-order chi connectivity index (χ1) is 6.60. The molecule has 0 fully saturated rings. The highest BCUT2D eigenvalue weighted by Crippen LogP contribution is 2.17. The Kier molecular flexibility index (Phi) is 3.27. The average Bonchev–Trinajstić information content (AvgIpc) is 2.19. The van der Waals surface area contributed by atoms with Gasteiger partial charge in [-0.05, 0) is 37.1 Å². The van der Waals surface area contributed by atoms with E-state index >= 15 is 0 Å². The van der Waals surface area contributed by atoms with Crippen LogP contribution in [-0.2, 0) is 0 Å². The summed E-state index contributed by atoms with van der Waals surface area (Å²) < 4.78 is 0. The standard InChI is InChI=1S/C11H10ClNO/c1-7-3-9(6-13)8(2)10(4-7)11(14)5-12/h3-4H,5H2,1-2H3. The van der Waals surface area contributed by atoms with Crippen molar-refractivity contribution >= 4 is 17.4 Å². The van der Waals surface area contributed by atoms with Gasteiger partial charge >= 0.3 is 0 Å². The third-order valence-electron chi connectivity index (χ3n) is 2.09. The minimum Gasteiger partial charge on any atom is -0.293 e. The molecule has 0 aliphatic rings. The first-order valence-corrected chi connectivity index (χ1v) is 4.74. The second kappa shape index (κ2) is 4.26. The summed E-state index contributed by atoms with van der Waals surface area (Å²) in [6.45, 7) is 3.61. The number of Topliss-reactive ketones (excluding diaryl/α,β-unsaturated/α-hetero) is 1. The van der Waals surface area contributed by atoms with Crippen molar-refractivity contribution in [2.75, 3.05) is 5.88 Å². The van der Waals surface area contributed by atoms with Gasteiger partial charge in [0.05, 0.1) is 17.5 Å². The molecule has 0 N–H and O–H groups in total. The number of carbonyl (C=O) groups excluding carboxylic acids is 1. The molecule has 0 bridgehead atoms. The Morgan fingerprint density at radius 3 is 2.64 bits per heavy atom. The number of benzene rings is 1. The Labute approximate surface area is 88.1 Å². The van der Waals surface area contributed by atoms with Gasteiger partial charge in [0.25, 0.3) is 0 Å². The number of carbonyl (C=O) groups is 1. The van der Waals surface area contributed by atoms with Gasteiger partial charge in [-0.3, -0.25) is 4.79 Å². The van der Waals surface area contributed by atoms with Gasteiger partial charge in [0.2, 0.25) is 0 Å². The summed E-state index contributed by atoms with van der Waals surface area (Å²) in [4.78, 5) is 11.4. The Hall–Kier alpha value is -1.33. The number of halogens is 1. The summed E-state index contributed by atoms with van der Waals surface area (Å²) in [5, 5.41) is 8.83. The SMILES string of the molecule is Cc1cc(C#N)c(C)c(C(=O)CCl)c1. The Morgan fingerprint density at radius 1 is 1.50 bits per heavy atom. The zero-order valence-corrected chi connectivity index (χ0v) is 8.85. The molecule has 0 saturated heterocycles. The lowest BCUT2D eigenvalue weighted by atomic mass is 9.98. The van der Waals surface area contributed by atoms with Crippen molar-refractivity contribution in [3.8, 4) is 6.07 Å². The Balaban J connectivity index is 3.38. The minimum absolute atomic E-state index is 0.0465. The van der Waals surface area contributed by atoms with Crippen molar-refractivity contribution in [1.29, 1.82) is 5.26 Å². The van der Waals surface area contributed by atoms with Crippen LogP contribution in [0.4, 0.5) is 0 Å². The molecule has 0 aliphatic heterocycles. The van der Waals surface area contributed by atoms with Crippen LogP contribution >= 0.6 is 11.6 Å². The van der Waals surface area contributed by atoms with Gasteiger partial charge in [0, 0.05) is 5.56 Å². The maximum absolute atomic E-state index is 11.4. The fourth-order valence-corrected chi connectivity index (χ4v) is 1.48. The largest absolute Gasteiger partial charge is 0.293 e. The van der Waals surface area contributed by atoms with Crippen molar-refractivity contribution in [2.45, 2.75) is 13.8 Å². The highest BCUT2D eigenvalue weighted by Gasteiger charge is 2.11. The summed E-state index contributed by atoms with van der Waals surface area (Å²) in [6, 6.07) is 5.59. The van der Waals surface area contributed by atoms with Crippen LogP contribution in [0, 0.1) is 25.2 Å². The third kappa shape index (κ3) is 1.94. The predicted octanol–water partition coefficient (Wildman–Crippen LogP) is 2.60. The van der Waals surface area contributed by atoms with Crippen molar-refractivity contribution in [3.05, 3.63) is 34.4 Å². The number of hydrogen-bond donors (Lipinski definition) is 0. The number of nitriles is 1.